The molecule has 0 radical (unpaired) electrons. The normalized spacial score (nSPS) is 19.6. The van der Waals surface area contributed by atoms with E-state index in [9.17, 15) is 28.4 Å². The number of ether oxygens (including phenoxy) is 1. The number of anilines is 2. The highest BCUT2D eigenvalue weighted by molar-refractivity contribution is 7.90. The van der Waals surface area contributed by atoms with Crippen molar-refractivity contribution in [1.82, 2.24) is 14.6 Å². The van der Waals surface area contributed by atoms with Crippen molar-refractivity contribution < 1.29 is 28.0 Å². The quantitative estimate of drug-likeness (QED) is 0.0660. The molecular weight excluding hydrogens is 828 g/mol. The summed E-state index contributed by atoms with van der Waals surface area (Å²) in [5.41, 5.74) is 5.81. The predicted octanol–water partition coefficient (Wildman–Crippen LogP) is 9.39. The average molecular weight is 881 g/mol. The van der Waals surface area contributed by atoms with Gasteiger partial charge in [-0.05, 0) is 128 Å². The summed E-state index contributed by atoms with van der Waals surface area (Å²) in [5.74, 6) is -0.0933. The van der Waals surface area contributed by atoms with Crippen LogP contribution in [0.2, 0.25) is 5.02 Å². The molecular formula is C47H53ClN6O7S. The minimum absolute atomic E-state index is 0.0163. The van der Waals surface area contributed by atoms with E-state index >= 15 is 0 Å². The number of carbonyl (C=O) groups excluding carboxylic acids is 1. The second-order valence-corrected chi connectivity index (χ2v) is 19.7. The fourth-order valence-electron chi connectivity index (χ4n) is 8.92. The number of sulfonamides is 1. The molecule has 2 aliphatic carbocycles. The number of amides is 1. The fourth-order valence-corrected chi connectivity index (χ4v) is 10.0. The second-order valence-electron chi connectivity index (χ2n) is 17.6. The molecule has 2 fully saturated rings. The lowest BCUT2D eigenvalue weighted by Gasteiger charge is -2.39. The summed E-state index contributed by atoms with van der Waals surface area (Å²) < 4.78 is 35.9. The molecule has 2 heterocycles. The molecule has 1 saturated heterocycles. The minimum Gasteiger partial charge on any atom is -0.456 e. The molecule has 13 nitrogen and oxygen atoms in total. The first kappa shape index (κ1) is 43.2. The summed E-state index contributed by atoms with van der Waals surface area (Å²) in [4.78, 5) is 32.9. The number of nitrogens with one attached hydrogen (secondary N) is 3. The van der Waals surface area contributed by atoms with Crippen LogP contribution in [0.4, 0.5) is 17.1 Å². The van der Waals surface area contributed by atoms with Crippen molar-refractivity contribution in [3.8, 4) is 11.5 Å². The van der Waals surface area contributed by atoms with Gasteiger partial charge in [-0.1, -0.05) is 43.2 Å². The van der Waals surface area contributed by atoms with Gasteiger partial charge in [0.1, 0.15) is 17.2 Å². The van der Waals surface area contributed by atoms with Gasteiger partial charge < -0.3 is 25.0 Å². The van der Waals surface area contributed by atoms with Gasteiger partial charge in [-0.3, -0.25) is 19.8 Å². The van der Waals surface area contributed by atoms with E-state index in [0.717, 1.165) is 92.5 Å². The predicted molar refractivity (Wildman–Crippen MR) is 244 cm³/mol. The summed E-state index contributed by atoms with van der Waals surface area (Å²) in [5, 5.41) is 26.7. The zero-order valence-electron chi connectivity index (χ0n) is 35.0. The molecule has 1 saturated carbocycles. The van der Waals surface area contributed by atoms with Crippen LogP contribution in [0.5, 0.6) is 11.5 Å². The maximum atomic E-state index is 13.9. The average Bonchev–Trinajstić information content (AvgIpc) is 3.72. The zero-order valence-corrected chi connectivity index (χ0v) is 36.6. The number of fused-ring (bicyclic) bond motifs is 1. The second kappa shape index (κ2) is 18.1. The highest BCUT2D eigenvalue weighted by Crippen LogP contribution is 2.43. The van der Waals surface area contributed by atoms with Crippen LogP contribution < -0.4 is 19.7 Å². The standard InChI is InChI=1S/C47H53ClN6O7S/c1-47(2)19-17-34(41(28-47)32-5-7-35(48)8-6-32)30-52-21-23-53(24-22-52)36-9-14-40(45(26-36)61-38-12-15-42-33(25-38)18-20-49-42)46(56)51-62(59,60)39-13-16-43(44(27-39)54(57)58)50-29-31-3-10-37(55)11-4-31/h5-9,12-16,18,20,25-27,31,37,49-50,55H,3-4,10-11,17,19,21-24,28-30H2,1-2H3,(H,51,56)/t31-,37-. The SMILES string of the molecule is CC1(C)CCC(CN2CCN(c3ccc(C(=O)NS(=O)(=O)c4ccc(NC[C@H]5CC[C@H](O)CC5)c([N+](=O)[O-])c4)c(Oc4ccc5[nH]ccc5c4)c3)CC2)=C(c2ccc(Cl)cc2)C1. The summed E-state index contributed by atoms with van der Waals surface area (Å²) in [6.07, 6.45) is 7.61. The van der Waals surface area contributed by atoms with Gasteiger partial charge in [-0.15, -0.1) is 0 Å². The number of benzene rings is 4. The van der Waals surface area contributed by atoms with E-state index in [0.29, 0.717) is 25.1 Å². The van der Waals surface area contributed by atoms with Gasteiger partial charge in [0.2, 0.25) is 0 Å². The number of aliphatic hydroxyl groups excluding tert-OH is 1. The Morgan fingerprint density at radius 2 is 1.73 bits per heavy atom. The number of hydrogen-bond donors (Lipinski definition) is 4. The van der Waals surface area contributed by atoms with E-state index in [1.807, 2.05) is 36.5 Å². The number of carbonyl (C=O) groups is 1. The summed E-state index contributed by atoms with van der Waals surface area (Å²) >= 11 is 6.24. The van der Waals surface area contributed by atoms with Crippen LogP contribution in [0, 0.1) is 21.4 Å². The van der Waals surface area contributed by atoms with Crippen molar-refractivity contribution in [3.63, 3.8) is 0 Å². The van der Waals surface area contributed by atoms with Gasteiger partial charge in [0, 0.05) is 79.2 Å². The van der Waals surface area contributed by atoms with E-state index < -0.39 is 31.4 Å². The molecule has 4 aromatic carbocycles. The van der Waals surface area contributed by atoms with E-state index in [1.54, 1.807) is 24.3 Å². The van der Waals surface area contributed by atoms with Crippen LogP contribution in [-0.4, -0.2) is 79.6 Å². The largest absolute Gasteiger partial charge is 0.456 e. The first-order valence-electron chi connectivity index (χ1n) is 21.3. The van der Waals surface area contributed by atoms with E-state index in [4.69, 9.17) is 16.3 Å². The molecule has 0 bridgehead atoms. The van der Waals surface area contributed by atoms with Crippen LogP contribution in [0.3, 0.4) is 0 Å². The van der Waals surface area contributed by atoms with Crippen LogP contribution in [0.15, 0.2) is 102 Å². The number of rotatable bonds is 13. The number of nitro groups is 1. The molecule has 8 rings (SSSR count). The van der Waals surface area contributed by atoms with Crippen LogP contribution in [-0.2, 0) is 10.0 Å². The Balaban J connectivity index is 0.998. The van der Waals surface area contributed by atoms with Crippen molar-refractivity contribution in [2.45, 2.75) is 69.8 Å². The number of aliphatic hydroxyl groups is 1. The summed E-state index contributed by atoms with van der Waals surface area (Å²) in [6, 6.07) is 24.2. The molecule has 326 valence electrons. The molecule has 3 aliphatic rings. The number of piperazine rings is 1. The first-order valence-corrected chi connectivity index (χ1v) is 23.2. The topological polar surface area (TPSA) is 170 Å². The third-order valence-corrected chi connectivity index (χ3v) is 14.2. The van der Waals surface area contributed by atoms with Gasteiger partial charge in [0.05, 0.1) is 21.5 Å². The lowest BCUT2D eigenvalue weighted by molar-refractivity contribution is -0.384. The van der Waals surface area contributed by atoms with Gasteiger partial charge in [-0.25, -0.2) is 13.1 Å². The molecule has 1 amide bonds. The maximum Gasteiger partial charge on any atom is 0.293 e. The Hall–Kier alpha value is -5.41. The first-order chi connectivity index (χ1) is 29.7. The molecule has 62 heavy (non-hydrogen) atoms. The molecule has 0 spiro atoms. The van der Waals surface area contributed by atoms with Gasteiger partial charge in [-0.2, -0.15) is 0 Å². The van der Waals surface area contributed by atoms with E-state index in [-0.39, 0.29) is 34.4 Å². The van der Waals surface area contributed by atoms with Crippen molar-refractivity contribution in [3.05, 3.63) is 123 Å². The lowest BCUT2D eigenvalue weighted by atomic mass is 9.72. The molecule has 5 aromatic rings. The number of aromatic amines is 1. The molecule has 1 aliphatic heterocycles. The van der Waals surface area contributed by atoms with Gasteiger partial charge in [0.15, 0.2) is 0 Å². The Morgan fingerprint density at radius 1 is 0.968 bits per heavy atom. The maximum absolute atomic E-state index is 13.9. The van der Waals surface area contributed by atoms with E-state index in [2.05, 4.69) is 50.8 Å². The molecule has 4 N–H and O–H groups in total. The summed E-state index contributed by atoms with van der Waals surface area (Å²) in [6.45, 7) is 9.13. The van der Waals surface area contributed by atoms with Crippen LogP contribution in [0.25, 0.3) is 16.5 Å². The van der Waals surface area contributed by atoms with Crippen molar-refractivity contribution in [1.29, 1.82) is 0 Å². The van der Waals surface area contributed by atoms with Crippen molar-refractivity contribution in [2.75, 3.05) is 49.5 Å². The monoisotopic (exact) mass is 880 g/mol. The lowest BCUT2D eigenvalue weighted by Crippen LogP contribution is -2.47. The molecule has 0 unspecified atom stereocenters. The zero-order chi connectivity index (χ0) is 43.6. The number of nitrogens with zero attached hydrogens (tertiary/aromatic N) is 3. The highest BCUT2D eigenvalue weighted by atomic mass is 35.5. The number of nitro benzene ring substituents is 1. The molecule has 0 atom stereocenters. The number of allylic oxidation sites excluding steroid dienone is 1. The third-order valence-electron chi connectivity index (χ3n) is 12.6. The Labute approximate surface area is 367 Å². The van der Waals surface area contributed by atoms with E-state index in [1.165, 1.54) is 28.8 Å². The highest BCUT2D eigenvalue weighted by Gasteiger charge is 2.31. The van der Waals surface area contributed by atoms with Crippen molar-refractivity contribution >= 4 is 61.1 Å². The Kier molecular flexibility index (Phi) is 12.6. The van der Waals surface area contributed by atoms with Gasteiger partial charge in [0.25, 0.3) is 21.6 Å². The fraction of sp³-hybridized carbons (Fsp3) is 0.383. The molecule has 1 aromatic heterocycles. The summed E-state index contributed by atoms with van der Waals surface area (Å²) in [7, 11) is -4.56. The minimum atomic E-state index is -4.56. The van der Waals surface area contributed by atoms with Crippen molar-refractivity contribution in [2.24, 2.45) is 11.3 Å². The third kappa shape index (κ3) is 10.1. The number of aromatic nitrogens is 1. The Morgan fingerprint density at radius 3 is 2.47 bits per heavy atom. The number of H-pyrrole nitrogens is 1. The number of halogens is 1. The van der Waals surface area contributed by atoms with Gasteiger partial charge >= 0.3 is 0 Å². The van der Waals surface area contributed by atoms with Crippen LogP contribution in [0.1, 0.15) is 74.7 Å². The smallest absolute Gasteiger partial charge is 0.293 e. The Bertz CT molecular complexity index is 2590. The molecule has 15 heteroatoms. The number of hydrogen-bond acceptors (Lipinski definition) is 10. The van der Waals surface area contributed by atoms with Crippen LogP contribution >= 0.6 is 11.6 Å².